The van der Waals surface area contributed by atoms with Crippen molar-refractivity contribution >= 4 is 21.8 Å². The number of carbonyl (C=O) groups excluding carboxylic acids is 1. The second-order valence-corrected chi connectivity index (χ2v) is 9.91. The van der Waals surface area contributed by atoms with E-state index in [0.29, 0.717) is 12.8 Å². The third-order valence-electron chi connectivity index (χ3n) is 5.77. The average Bonchev–Trinajstić information content (AvgIpc) is 2.64. The fourth-order valence-electron chi connectivity index (χ4n) is 3.90. The van der Waals surface area contributed by atoms with Gasteiger partial charge in [-0.2, -0.15) is 0 Å². The fraction of sp³-hybridized carbons (Fsp3) is 0.867. The maximum Gasteiger partial charge on any atom is 0.315 e. The molecular weight excluding hydrogens is 320 g/mol. The summed E-state index contributed by atoms with van der Waals surface area (Å²) in [6, 6.07) is -0.927. The number of aliphatic carboxylic acids is 1. The van der Waals surface area contributed by atoms with Gasteiger partial charge in [-0.05, 0) is 38.0 Å². The van der Waals surface area contributed by atoms with Crippen molar-refractivity contribution in [3.05, 3.63) is 0 Å². The number of nitrogens with one attached hydrogen (secondary N) is 2. The molecule has 1 heterocycles. The van der Waals surface area contributed by atoms with Crippen LogP contribution in [0.25, 0.3) is 0 Å². The Kier molecular flexibility index (Phi) is 4.67. The van der Waals surface area contributed by atoms with Crippen molar-refractivity contribution in [1.29, 1.82) is 0 Å². The van der Waals surface area contributed by atoms with E-state index >= 15 is 0 Å². The Morgan fingerprint density at radius 3 is 2.35 bits per heavy atom. The second kappa shape index (κ2) is 5.96. The first-order valence-corrected chi connectivity index (χ1v) is 9.69. The molecule has 7 nitrogen and oxygen atoms in total. The molecule has 1 saturated carbocycles. The Morgan fingerprint density at radius 1 is 1.30 bits per heavy atom. The smallest absolute Gasteiger partial charge is 0.315 e. The minimum absolute atomic E-state index is 0.0825. The van der Waals surface area contributed by atoms with Crippen molar-refractivity contribution in [1.82, 2.24) is 10.6 Å². The third kappa shape index (κ3) is 3.32. The van der Waals surface area contributed by atoms with E-state index in [2.05, 4.69) is 10.6 Å². The first kappa shape index (κ1) is 18.0. The SMILES string of the molecule is CC(NC(=O)N[C@@H]1CCS(=O)(=O)[C@@H]1C)[C@@H]1C[C@H](C(=O)O)C1(C)C. The van der Waals surface area contributed by atoms with Crippen LogP contribution in [0.5, 0.6) is 0 Å². The van der Waals surface area contributed by atoms with Gasteiger partial charge in [0.1, 0.15) is 0 Å². The molecule has 3 N–H and O–H groups in total. The van der Waals surface area contributed by atoms with E-state index < -0.39 is 21.1 Å². The summed E-state index contributed by atoms with van der Waals surface area (Å²) in [4.78, 5) is 23.3. The molecule has 132 valence electrons. The molecule has 0 bridgehead atoms. The molecule has 0 radical (unpaired) electrons. The van der Waals surface area contributed by atoms with Crippen molar-refractivity contribution in [3.8, 4) is 0 Å². The van der Waals surface area contributed by atoms with Gasteiger partial charge in [0, 0.05) is 12.1 Å². The molecule has 1 aliphatic heterocycles. The van der Waals surface area contributed by atoms with Crippen LogP contribution in [0.3, 0.4) is 0 Å². The number of sulfone groups is 1. The summed E-state index contributed by atoms with van der Waals surface area (Å²) in [5.74, 6) is -1.00. The molecule has 5 atom stereocenters. The van der Waals surface area contributed by atoms with E-state index in [9.17, 15) is 18.0 Å². The van der Waals surface area contributed by atoms with Crippen LogP contribution in [0.4, 0.5) is 4.79 Å². The molecule has 1 saturated heterocycles. The van der Waals surface area contributed by atoms with Crippen LogP contribution in [-0.2, 0) is 14.6 Å². The first-order valence-electron chi connectivity index (χ1n) is 7.98. The van der Waals surface area contributed by atoms with Gasteiger partial charge in [-0.15, -0.1) is 0 Å². The number of carbonyl (C=O) groups is 2. The van der Waals surface area contributed by atoms with Crippen LogP contribution in [-0.4, -0.2) is 48.6 Å². The van der Waals surface area contributed by atoms with Gasteiger partial charge in [-0.1, -0.05) is 13.8 Å². The summed E-state index contributed by atoms with van der Waals surface area (Å²) in [6.45, 7) is 7.28. The number of hydrogen-bond donors (Lipinski definition) is 3. The Labute approximate surface area is 137 Å². The lowest BCUT2D eigenvalue weighted by atomic mass is 9.53. The molecule has 0 aromatic carbocycles. The number of urea groups is 1. The largest absolute Gasteiger partial charge is 0.481 e. The average molecular weight is 346 g/mol. The maximum atomic E-state index is 12.1. The molecule has 0 aromatic heterocycles. The standard InChI is InChI=1S/C15H26N2O5S/c1-8(10-7-11(13(18)19)15(10,3)4)16-14(20)17-12-5-6-23(21,22)9(12)2/h8-12H,5-7H2,1-4H3,(H,18,19)(H2,16,17,20)/t8?,9-,10+,11-,12-/m1/s1. The number of hydrogen-bond acceptors (Lipinski definition) is 4. The van der Waals surface area contributed by atoms with Gasteiger partial charge < -0.3 is 15.7 Å². The predicted molar refractivity (Wildman–Crippen MR) is 85.8 cm³/mol. The second-order valence-electron chi connectivity index (χ2n) is 7.43. The van der Waals surface area contributed by atoms with Gasteiger partial charge in [0.2, 0.25) is 0 Å². The third-order valence-corrected chi connectivity index (χ3v) is 8.03. The quantitative estimate of drug-likeness (QED) is 0.703. The molecule has 1 aliphatic carbocycles. The fourth-order valence-corrected chi connectivity index (χ4v) is 5.55. The van der Waals surface area contributed by atoms with Gasteiger partial charge in [0.05, 0.1) is 16.9 Å². The highest BCUT2D eigenvalue weighted by atomic mass is 32.2. The molecule has 0 aromatic rings. The van der Waals surface area contributed by atoms with Crippen molar-refractivity contribution in [2.45, 2.75) is 57.9 Å². The molecular formula is C15H26N2O5S. The maximum absolute atomic E-state index is 12.1. The van der Waals surface area contributed by atoms with Crippen molar-refractivity contribution in [3.63, 3.8) is 0 Å². The predicted octanol–water partition coefficient (Wildman–Crippen LogP) is 0.997. The van der Waals surface area contributed by atoms with Crippen molar-refractivity contribution in [2.24, 2.45) is 17.3 Å². The minimum atomic E-state index is -3.10. The molecule has 1 unspecified atom stereocenters. The van der Waals surface area contributed by atoms with Crippen LogP contribution in [0, 0.1) is 17.3 Å². The van der Waals surface area contributed by atoms with Gasteiger partial charge >= 0.3 is 12.0 Å². The monoisotopic (exact) mass is 346 g/mol. The van der Waals surface area contributed by atoms with Gasteiger partial charge in [0.15, 0.2) is 9.84 Å². The highest BCUT2D eigenvalue weighted by molar-refractivity contribution is 7.92. The van der Waals surface area contributed by atoms with E-state index in [1.807, 2.05) is 20.8 Å². The summed E-state index contributed by atoms with van der Waals surface area (Å²) >= 11 is 0. The topological polar surface area (TPSA) is 113 Å². The van der Waals surface area contributed by atoms with Crippen LogP contribution in [0.1, 0.15) is 40.5 Å². The zero-order chi connectivity index (χ0) is 17.6. The van der Waals surface area contributed by atoms with E-state index in [1.165, 1.54) is 0 Å². The van der Waals surface area contributed by atoms with Crippen LogP contribution >= 0.6 is 0 Å². The van der Waals surface area contributed by atoms with Gasteiger partial charge in [-0.25, -0.2) is 13.2 Å². The molecule has 8 heteroatoms. The highest BCUT2D eigenvalue weighted by Crippen LogP contribution is 2.52. The van der Waals surface area contributed by atoms with Crippen LogP contribution in [0.2, 0.25) is 0 Å². The van der Waals surface area contributed by atoms with Crippen molar-refractivity contribution in [2.75, 3.05) is 5.75 Å². The number of carboxylic acids is 1. The van der Waals surface area contributed by atoms with Crippen LogP contribution < -0.4 is 10.6 Å². The van der Waals surface area contributed by atoms with E-state index in [0.717, 1.165) is 0 Å². The van der Waals surface area contributed by atoms with Gasteiger partial charge in [-0.3, -0.25) is 4.79 Å². The Hall–Kier alpha value is -1.31. The van der Waals surface area contributed by atoms with E-state index in [4.69, 9.17) is 5.11 Å². The van der Waals surface area contributed by atoms with Gasteiger partial charge in [0.25, 0.3) is 0 Å². The lowest BCUT2D eigenvalue weighted by molar-refractivity contribution is -0.160. The Bertz CT molecular complexity index is 601. The zero-order valence-corrected chi connectivity index (χ0v) is 14.8. The molecule has 2 aliphatic rings. The Balaban J connectivity index is 1.88. The van der Waals surface area contributed by atoms with E-state index in [-0.39, 0.29) is 41.1 Å². The lowest BCUT2D eigenvalue weighted by Crippen LogP contribution is -2.58. The summed E-state index contributed by atoms with van der Waals surface area (Å²) in [5, 5.41) is 14.2. The van der Waals surface area contributed by atoms with E-state index in [1.54, 1.807) is 6.92 Å². The highest BCUT2D eigenvalue weighted by Gasteiger charge is 2.54. The summed E-state index contributed by atoms with van der Waals surface area (Å²) < 4.78 is 23.4. The number of amides is 2. The minimum Gasteiger partial charge on any atom is -0.481 e. The Morgan fingerprint density at radius 2 is 1.91 bits per heavy atom. The summed E-state index contributed by atoms with van der Waals surface area (Å²) in [6.07, 6.45) is 0.972. The van der Waals surface area contributed by atoms with Crippen LogP contribution in [0.15, 0.2) is 0 Å². The van der Waals surface area contributed by atoms with Crippen molar-refractivity contribution < 1.29 is 23.1 Å². The molecule has 0 spiro atoms. The lowest BCUT2D eigenvalue weighted by Gasteiger charge is -2.52. The number of rotatable bonds is 4. The molecule has 2 amide bonds. The molecule has 23 heavy (non-hydrogen) atoms. The molecule has 2 fully saturated rings. The first-order chi connectivity index (χ1) is 10.5. The summed E-state index contributed by atoms with van der Waals surface area (Å²) in [5.41, 5.74) is -0.373. The normalized spacial score (nSPS) is 35.8. The summed E-state index contributed by atoms with van der Waals surface area (Å²) in [7, 11) is -3.10. The molecule has 2 rings (SSSR count). The zero-order valence-electron chi connectivity index (χ0n) is 14.0. The number of carboxylic acid groups (broad SMARTS) is 1.